The molecule has 7 heteroatoms. The molecule has 27 heavy (non-hydrogen) atoms. The van der Waals surface area contributed by atoms with Crippen LogP contribution in [0.25, 0.3) is 0 Å². The molecular formula is C20H27FN4O2. The van der Waals surface area contributed by atoms with E-state index in [0.717, 1.165) is 43.6 Å². The Bertz CT molecular complexity index is 741. The van der Waals surface area contributed by atoms with Crippen LogP contribution in [0.15, 0.2) is 34.9 Å². The number of hydrogen-bond acceptors (Lipinski definition) is 4. The molecule has 0 radical (unpaired) electrons. The number of urea groups is 1. The van der Waals surface area contributed by atoms with Crippen molar-refractivity contribution in [2.45, 2.75) is 38.8 Å². The third-order valence-electron chi connectivity index (χ3n) is 4.99. The van der Waals surface area contributed by atoms with E-state index in [1.54, 1.807) is 24.1 Å². The van der Waals surface area contributed by atoms with Crippen LogP contribution < -0.4 is 5.32 Å². The molecule has 1 aromatic carbocycles. The summed E-state index contributed by atoms with van der Waals surface area (Å²) in [6.07, 6.45) is 3.10. The summed E-state index contributed by atoms with van der Waals surface area (Å²) in [6.45, 7) is 4.83. The van der Waals surface area contributed by atoms with E-state index in [4.69, 9.17) is 4.52 Å². The average molecular weight is 374 g/mol. The highest BCUT2D eigenvalue weighted by molar-refractivity contribution is 5.73. The second-order valence-electron chi connectivity index (χ2n) is 6.99. The summed E-state index contributed by atoms with van der Waals surface area (Å²) in [5.41, 5.74) is 1.90. The lowest BCUT2D eigenvalue weighted by atomic mass is 10.1. The van der Waals surface area contributed by atoms with Gasteiger partial charge in [-0.05, 0) is 50.0 Å². The van der Waals surface area contributed by atoms with E-state index >= 15 is 0 Å². The number of nitrogens with one attached hydrogen (secondary N) is 1. The van der Waals surface area contributed by atoms with Crippen molar-refractivity contribution < 1.29 is 13.7 Å². The third kappa shape index (κ3) is 5.07. The Labute approximate surface area is 159 Å². The van der Waals surface area contributed by atoms with Gasteiger partial charge in [0.05, 0.1) is 18.3 Å². The van der Waals surface area contributed by atoms with Gasteiger partial charge < -0.3 is 14.7 Å². The first-order chi connectivity index (χ1) is 13.1. The van der Waals surface area contributed by atoms with Crippen LogP contribution >= 0.6 is 0 Å². The smallest absolute Gasteiger partial charge is 0.317 e. The first-order valence-corrected chi connectivity index (χ1v) is 9.49. The molecule has 6 nitrogen and oxygen atoms in total. The van der Waals surface area contributed by atoms with E-state index < -0.39 is 0 Å². The average Bonchev–Trinajstić information content (AvgIpc) is 3.35. The van der Waals surface area contributed by atoms with Gasteiger partial charge in [-0.25, -0.2) is 9.18 Å². The second-order valence-corrected chi connectivity index (χ2v) is 6.99. The standard InChI is InChI=1S/C20H27FN4O2/c1-3-17-12-18(27-23-17)14-24(2)20(26)22-13-19(25-10-4-5-11-25)15-6-8-16(21)9-7-15/h6-9,12,19H,3-5,10-11,13-14H2,1-2H3,(H,22,26)/t19-/m1/s1. The zero-order chi connectivity index (χ0) is 19.2. The quantitative estimate of drug-likeness (QED) is 0.807. The van der Waals surface area contributed by atoms with Gasteiger partial charge in [0.15, 0.2) is 5.76 Å². The summed E-state index contributed by atoms with van der Waals surface area (Å²) in [7, 11) is 1.73. The maximum Gasteiger partial charge on any atom is 0.317 e. The first-order valence-electron chi connectivity index (χ1n) is 9.49. The zero-order valence-corrected chi connectivity index (χ0v) is 15.9. The zero-order valence-electron chi connectivity index (χ0n) is 15.9. The van der Waals surface area contributed by atoms with Crippen molar-refractivity contribution in [1.29, 1.82) is 0 Å². The number of aryl methyl sites for hydroxylation is 1. The van der Waals surface area contributed by atoms with Crippen molar-refractivity contribution in [3.8, 4) is 0 Å². The number of halogens is 1. The van der Waals surface area contributed by atoms with Gasteiger partial charge in [-0.3, -0.25) is 4.90 Å². The molecule has 1 fully saturated rings. The molecule has 1 aliphatic heterocycles. The topological polar surface area (TPSA) is 61.6 Å². The molecule has 0 saturated carbocycles. The molecule has 1 N–H and O–H groups in total. The number of rotatable bonds is 7. The minimum absolute atomic E-state index is 0.0439. The second kappa shape index (κ2) is 8.99. The molecule has 0 bridgehead atoms. The number of hydrogen-bond donors (Lipinski definition) is 1. The van der Waals surface area contributed by atoms with Crippen molar-refractivity contribution in [1.82, 2.24) is 20.3 Å². The van der Waals surface area contributed by atoms with E-state index in [0.29, 0.717) is 18.8 Å². The van der Waals surface area contributed by atoms with Crippen LogP contribution in [0.2, 0.25) is 0 Å². The van der Waals surface area contributed by atoms with Crippen molar-refractivity contribution in [2.24, 2.45) is 0 Å². The predicted octanol–water partition coefficient (Wildman–Crippen LogP) is 3.35. The molecule has 1 aliphatic rings. The monoisotopic (exact) mass is 374 g/mol. The maximum absolute atomic E-state index is 13.3. The molecule has 2 heterocycles. The van der Waals surface area contributed by atoms with Crippen LogP contribution in [0.1, 0.15) is 42.8 Å². The normalized spacial score (nSPS) is 15.7. The highest BCUT2D eigenvalue weighted by atomic mass is 19.1. The van der Waals surface area contributed by atoms with Crippen LogP contribution in [0.5, 0.6) is 0 Å². The van der Waals surface area contributed by atoms with Gasteiger partial charge in [-0.15, -0.1) is 0 Å². The molecule has 2 amide bonds. The lowest BCUT2D eigenvalue weighted by Gasteiger charge is -2.29. The molecule has 0 spiro atoms. The Morgan fingerprint density at radius 3 is 2.67 bits per heavy atom. The fourth-order valence-corrected chi connectivity index (χ4v) is 3.42. The van der Waals surface area contributed by atoms with Crippen molar-refractivity contribution in [3.05, 3.63) is 53.2 Å². The lowest BCUT2D eigenvalue weighted by molar-refractivity contribution is 0.190. The number of amides is 2. The van der Waals surface area contributed by atoms with Gasteiger partial charge in [0.25, 0.3) is 0 Å². The van der Waals surface area contributed by atoms with Gasteiger partial charge in [0.2, 0.25) is 0 Å². The Balaban J connectivity index is 1.60. The minimum Gasteiger partial charge on any atom is -0.359 e. The summed E-state index contributed by atoms with van der Waals surface area (Å²) in [6, 6.07) is 8.29. The minimum atomic E-state index is -0.249. The van der Waals surface area contributed by atoms with Crippen LogP contribution in [-0.4, -0.2) is 47.7 Å². The van der Waals surface area contributed by atoms with Gasteiger partial charge in [-0.1, -0.05) is 24.2 Å². The molecule has 1 atom stereocenters. The van der Waals surface area contributed by atoms with E-state index in [9.17, 15) is 9.18 Å². The number of carbonyl (C=O) groups is 1. The molecule has 146 valence electrons. The molecule has 1 saturated heterocycles. The number of aromatic nitrogens is 1. The number of carbonyl (C=O) groups excluding carboxylic acids is 1. The molecule has 0 unspecified atom stereocenters. The Morgan fingerprint density at radius 2 is 2.04 bits per heavy atom. The number of likely N-dealkylation sites (tertiary alicyclic amines) is 1. The first kappa shape index (κ1) is 19.4. The number of benzene rings is 1. The fourth-order valence-electron chi connectivity index (χ4n) is 3.42. The predicted molar refractivity (Wildman–Crippen MR) is 101 cm³/mol. The summed E-state index contributed by atoms with van der Waals surface area (Å²) in [5, 5.41) is 6.95. The highest BCUT2D eigenvalue weighted by Crippen LogP contribution is 2.25. The maximum atomic E-state index is 13.3. The Morgan fingerprint density at radius 1 is 1.33 bits per heavy atom. The van der Waals surface area contributed by atoms with E-state index in [-0.39, 0.29) is 17.9 Å². The van der Waals surface area contributed by atoms with Gasteiger partial charge in [0.1, 0.15) is 5.82 Å². The van der Waals surface area contributed by atoms with Gasteiger partial charge >= 0.3 is 6.03 Å². The van der Waals surface area contributed by atoms with Crippen LogP contribution in [0.4, 0.5) is 9.18 Å². The lowest BCUT2D eigenvalue weighted by Crippen LogP contribution is -2.42. The van der Waals surface area contributed by atoms with E-state index in [1.165, 1.54) is 12.1 Å². The van der Waals surface area contributed by atoms with Crippen molar-refractivity contribution in [3.63, 3.8) is 0 Å². The van der Waals surface area contributed by atoms with Crippen LogP contribution in [0.3, 0.4) is 0 Å². The molecule has 0 aliphatic carbocycles. The summed E-state index contributed by atoms with van der Waals surface area (Å²) < 4.78 is 18.5. The Kier molecular flexibility index (Phi) is 6.45. The van der Waals surface area contributed by atoms with Gasteiger partial charge in [0, 0.05) is 19.7 Å². The largest absolute Gasteiger partial charge is 0.359 e. The molecule has 2 aromatic rings. The Hall–Kier alpha value is -2.41. The highest BCUT2D eigenvalue weighted by Gasteiger charge is 2.24. The number of nitrogens with zero attached hydrogens (tertiary/aromatic N) is 3. The van der Waals surface area contributed by atoms with Crippen LogP contribution in [0, 0.1) is 5.82 Å². The van der Waals surface area contributed by atoms with E-state index in [1.807, 2.05) is 13.0 Å². The molecule has 3 rings (SSSR count). The fraction of sp³-hybridized carbons (Fsp3) is 0.500. The molecule has 1 aromatic heterocycles. The third-order valence-corrected chi connectivity index (χ3v) is 4.99. The molecular weight excluding hydrogens is 347 g/mol. The summed E-state index contributed by atoms with van der Waals surface area (Å²) >= 11 is 0. The summed E-state index contributed by atoms with van der Waals surface area (Å²) in [5.74, 6) is 0.417. The SMILES string of the molecule is CCc1cc(CN(C)C(=O)NC[C@H](c2ccc(F)cc2)N2CCCC2)on1. The van der Waals surface area contributed by atoms with Gasteiger partial charge in [-0.2, -0.15) is 0 Å². The van der Waals surface area contributed by atoms with Crippen molar-refractivity contribution in [2.75, 3.05) is 26.7 Å². The van der Waals surface area contributed by atoms with Crippen molar-refractivity contribution >= 4 is 6.03 Å². The van der Waals surface area contributed by atoms with E-state index in [2.05, 4.69) is 15.4 Å². The van der Waals surface area contributed by atoms with Crippen LogP contribution in [-0.2, 0) is 13.0 Å². The summed E-state index contributed by atoms with van der Waals surface area (Å²) in [4.78, 5) is 16.4.